The Morgan fingerprint density at radius 2 is 2.09 bits per heavy atom. The molecule has 2 amide bonds. The summed E-state index contributed by atoms with van der Waals surface area (Å²) in [5, 5.41) is 11.4. The first kappa shape index (κ1) is 21.5. The molecule has 0 bridgehead atoms. The third kappa shape index (κ3) is 3.71. The number of aryl methyl sites for hydroxylation is 1. The Hall–Kier alpha value is -3.72. The number of rotatable bonds is 4. The van der Waals surface area contributed by atoms with Crippen LogP contribution in [0, 0.1) is 6.92 Å². The zero-order valence-electron chi connectivity index (χ0n) is 17.9. The average molecular weight is 436 g/mol. The molecule has 0 aliphatic carbocycles. The summed E-state index contributed by atoms with van der Waals surface area (Å²) in [5.74, 6) is 0.208. The quantitative estimate of drug-likeness (QED) is 0.735. The van der Waals surface area contributed by atoms with Crippen LogP contribution in [0.5, 0.6) is 5.75 Å². The molecule has 3 heterocycles. The molecule has 0 saturated carbocycles. The van der Waals surface area contributed by atoms with Gasteiger partial charge in [0.2, 0.25) is 0 Å². The number of methoxy groups -OCH3 is 1. The number of aromatic nitrogens is 2. The highest BCUT2D eigenvalue weighted by Crippen LogP contribution is 2.38. The van der Waals surface area contributed by atoms with Crippen LogP contribution in [0.2, 0.25) is 0 Å². The first-order valence-corrected chi connectivity index (χ1v) is 10.2. The number of carbonyl (C=O) groups is 2. The normalized spacial score (nSPS) is 20.0. The van der Waals surface area contributed by atoms with Crippen LogP contribution in [0.3, 0.4) is 0 Å². The largest absolute Gasteiger partial charge is 0.496 e. The fourth-order valence-corrected chi connectivity index (χ4v) is 4.08. The van der Waals surface area contributed by atoms with Crippen molar-refractivity contribution in [3.05, 3.63) is 66.3 Å². The van der Waals surface area contributed by atoms with Gasteiger partial charge in [0.05, 0.1) is 24.4 Å². The van der Waals surface area contributed by atoms with Gasteiger partial charge >= 0.3 is 6.09 Å². The van der Waals surface area contributed by atoms with E-state index >= 15 is 0 Å². The summed E-state index contributed by atoms with van der Waals surface area (Å²) in [4.78, 5) is 37.3. The Kier molecular flexibility index (Phi) is 5.91. The highest BCUT2D eigenvalue weighted by molar-refractivity contribution is 6.06. The lowest BCUT2D eigenvalue weighted by Gasteiger charge is -2.37. The molecule has 0 radical (unpaired) electrons. The average Bonchev–Trinajstić information content (AvgIpc) is 2.90. The van der Waals surface area contributed by atoms with Crippen molar-refractivity contribution in [2.75, 3.05) is 25.2 Å². The number of amides is 2. The van der Waals surface area contributed by atoms with Crippen molar-refractivity contribution in [2.24, 2.45) is 0 Å². The Morgan fingerprint density at radius 1 is 1.34 bits per heavy atom. The minimum absolute atomic E-state index is 0.0305. The van der Waals surface area contributed by atoms with Gasteiger partial charge in [0.25, 0.3) is 5.91 Å². The zero-order valence-corrected chi connectivity index (χ0v) is 17.9. The molecule has 1 aromatic carbocycles. The molecule has 0 fully saturated rings. The van der Waals surface area contributed by atoms with Crippen molar-refractivity contribution in [1.29, 1.82) is 0 Å². The van der Waals surface area contributed by atoms with E-state index in [9.17, 15) is 14.7 Å². The molecule has 1 unspecified atom stereocenters. The lowest BCUT2D eigenvalue weighted by Crippen LogP contribution is -2.54. The van der Waals surface area contributed by atoms with E-state index in [4.69, 9.17) is 9.47 Å². The van der Waals surface area contributed by atoms with Crippen molar-refractivity contribution >= 4 is 23.3 Å². The highest BCUT2D eigenvalue weighted by atomic mass is 16.6. The van der Waals surface area contributed by atoms with E-state index in [-0.39, 0.29) is 23.8 Å². The maximum absolute atomic E-state index is 13.5. The summed E-state index contributed by atoms with van der Waals surface area (Å²) in [7, 11) is 1.52. The van der Waals surface area contributed by atoms with Crippen LogP contribution in [-0.2, 0) is 4.74 Å². The maximum atomic E-state index is 13.5. The second-order valence-corrected chi connectivity index (χ2v) is 7.55. The molecule has 2 aliphatic rings. The summed E-state index contributed by atoms with van der Waals surface area (Å²) < 4.78 is 10.6. The van der Waals surface area contributed by atoms with Gasteiger partial charge in [0, 0.05) is 24.5 Å². The van der Waals surface area contributed by atoms with Crippen LogP contribution >= 0.6 is 0 Å². The third-order valence-corrected chi connectivity index (χ3v) is 5.64. The lowest BCUT2D eigenvalue weighted by atomic mass is 9.96. The van der Waals surface area contributed by atoms with Gasteiger partial charge in [-0.2, -0.15) is 0 Å². The first-order chi connectivity index (χ1) is 15.5. The Morgan fingerprint density at radius 3 is 2.78 bits per heavy atom. The highest BCUT2D eigenvalue weighted by Gasteiger charge is 2.43. The fraction of sp³-hybridized carbons (Fsp3) is 0.304. The Balaban J connectivity index is 1.85. The van der Waals surface area contributed by atoms with E-state index in [0.717, 1.165) is 16.0 Å². The van der Waals surface area contributed by atoms with Crippen LogP contribution < -0.4 is 9.64 Å². The number of aliphatic hydroxyl groups is 1. The molecule has 1 aromatic heterocycles. The van der Waals surface area contributed by atoms with E-state index in [1.54, 1.807) is 42.4 Å². The Bertz CT molecular complexity index is 1090. The van der Waals surface area contributed by atoms with Crippen molar-refractivity contribution in [1.82, 2.24) is 14.9 Å². The molecule has 4 rings (SSSR count). The van der Waals surface area contributed by atoms with Crippen LogP contribution in [0.1, 0.15) is 27.9 Å². The molecular weight excluding hydrogens is 412 g/mol. The van der Waals surface area contributed by atoms with E-state index < -0.39 is 18.4 Å². The smallest absolute Gasteiger partial charge is 0.416 e. The first-order valence-electron chi connectivity index (χ1n) is 10.2. The van der Waals surface area contributed by atoms with Gasteiger partial charge in [-0.05, 0) is 36.6 Å². The van der Waals surface area contributed by atoms with Gasteiger partial charge in [0.1, 0.15) is 18.7 Å². The predicted molar refractivity (Wildman–Crippen MR) is 117 cm³/mol. The van der Waals surface area contributed by atoms with Gasteiger partial charge < -0.3 is 19.5 Å². The number of anilines is 1. The number of nitrogens with zero attached hydrogens (tertiary/aromatic N) is 4. The van der Waals surface area contributed by atoms with Gasteiger partial charge in [-0.25, -0.2) is 19.7 Å². The zero-order chi connectivity index (χ0) is 22.8. The minimum atomic E-state index is -1.37. The number of carbonyl (C=O) groups excluding carboxylic acids is 2. The van der Waals surface area contributed by atoms with Crippen molar-refractivity contribution in [3.8, 4) is 5.75 Å². The van der Waals surface area contributed by atoms with Crippen LogP contribution in [0.15, 0.2) is 49.6 Å². The molecule has 2 aromatic rings. The molecule has 2 aliphatic heterocycles. The Labute approximate surface area is 185 Å². The van der Waals surface area contributed by atoms with Crippen molar-refractivity contribution < 1.29 is 24.2 Å². The third-order valence-electron chi connectivity index (χ3n) is 5.64. The lowest BCUT2D eigenvalue weighted by molar-refractivity contribution is 0.0476. The number of aliphatic hydroxyl groups excluding tert-OH is 1. The molecular formula is C23H24N4O5. The molecule has 0 spiro atoms. The van der Waals surface area contributed by atoms with Crippen LogP contribution in [0.25, 0.3) is 5.57 Å². The number of ether oxygens (including phenoxy) is 2. The monoisotopic (exact) mass is 436 g/mol. The second kappa shape index (κ2) is 8.80. The second-order valence-electron chi connectivity index (χ2n) is 7.55. The summed E-state index contributed by atoms with van der Waals surface area (Å²) in [6.45, 7) is 5.68. The molecule has 0 saturated heterocycles. The molecule has 32 heavy (non-hydrogen) atoms. The summed E-state index contributed by atoms with van der Waals surface area (Å²) in [6.07, 6.45) is 6.43. The predicted octanol–water partition coefficient (Wildman–Crippen LogP) is 2.55. The van der Waals surface area contributed by atoms with Crippen LogP contribution in [0.4, 0.5) is 10.5 Å². The molecule has 166 valence electrons. The summed E-state index contributed by atoms with van der Waals surface area (Å²) >= 11 is 0. The SMILES string of the molecule is C=CCOC(=O)N1c2cc(C)c(OC)cc2C(=O)N2CCC(c3cncnc3)=C[C@H]2C1O. The maximum Gasteiger partial charge on any atom is 0.416 e. The van der Waals surface area contributed by atoms with E-state index in [2.05, 4.69) is 16.5 Å². The fourth-order valence-electron chi connectivity index (χ4n) is 4.08. The molecule has 9 nitrogen and oxygen atoms in total. The number of fused-ring (bicyclic) bond motifs is 2. The minimum Gasteiger partial charge on any atom is -0.496 e. The molecule has 1 N–H and O–H groups in total. The van der Waals surface area contributed by atoms with E-state index in [1.165, 1.54) is 19.5 Å². The van der Waals surface area contributed by atoms with Gasteiger partial charge in [0.15, 0.2) is 6.23 Å². The standard InChI is InChI=1S/C23H24N4O5/c1-4-7-32-23(30)27-18-8-14(2)20(31-3)10-17(18)21(28)26-6-5-15(9-19(26)22(27)29)16-11-24-13-25-12-16/h4,8-13,19,22,29H,1,5-7H2,2-3H3/t19-,22?/m0/s1. The van der Waals surface area contributed by atoms with Gasteiger partial charge in [-0.15, -0.1) is 0 Å². The van der Waals surface area contributed by atoms with E-state index in [0.29, 0.717) is 24.3 Å². The van der Waals surface area contributed by atoms with Gasteiger partial charge in [-0.3, -0.25) is 4.79 Å². The van der Waals surface area contributed by atoms with Crippen molar-refractivity contribution in [2.45, 2.75) is 25.6 Å². The molecule has 2 atom stereocenters. The molecule has 9 heteroatoms. The number of hydrogen-bond acceptors (Lipinski definition) is 7. The van der Waals surface area contributed by atoms with E-state index in [1.807, 2.05) is 0 Å². The van der Waals surface area contributed by atoms with Gasteiger partial charge in [-0.1, -0.05) is 18.7 Å². The summed E-state index contributed by atoms with van der Waals surface area (Å²) in [5.41, 5.74) is 2.92. The van der Waals surface area contributed by atoms with Crippen molar-refractivity contribution in [3.63, 3.8) is 0 Å². The van der Waals surface area contributed by atoms with Crippen LogP contribution in [-0.4, -0.2) is 64.5 Å². The number of benzene rings is 1. The topological polar surface area (TPSA) is 105 Å². The summed E-state index contributed by atoms with van der Waals surface area (Å²) in [6, 6.07) is 2.46. The number of hydrogen-bond donors (Lipinski definition) is 1.